The molecule has 0 amide bonds. The Labute approximate surface area is 171 Å². The fourth-order valence-electron chi connectivity index (χ4n) is 0. The maximum absolute atomic E-state index is 0. The topological polar surface area (TPSA) is 0 Å². The molecule has 0 saturated carbocycles. The van der Waals surface area contributed by atoms with E-state index in [2.05, 4.69) is 0 Å². The van der Waals surface area contributed by atoms with E-state index < -0.39 is 0 Å². The molecule has 6 heavy (non-hydrogen) atoms. The molecule has 0 heterocycles. The van der Waals surface area contributed by atoms with Gasteiger partial charge in [0.1, 0.15) is 0 Å². The SMILES string of the molecule is I.I.I.I.[H-].[Hg].[K+]. The Bertz CT molecular complexity index is 11.7. The summed E-state index contributed by atoms with van der Waals surface area (Å²) in [5.74, 6) is 0. The average molecular weight is 752 g/mol. The van der Waals surface area contributed by atoms with Crippen molar-refractivity contribution in [3.8, 4) is 0 Å². The summed E-state index contributed by atoms with van der Waals surface area (Å²) in [5, 5.41) is 0. The van der Waals surface area contributed by atoms with Gasteiger partial charge in [-0.25, -0.2) is 0 Å². The summed E-state index contributed by atoms with van der Waals surface area (Å²) in [7, 11) is 0. The van der Waals surface area contributed by atoms with Gasteiger partial charge in [-0.3, -0.25) is 0 Å². The largest absolute Gasteiger partial charge is 1.00 e. The van der Waals surface area contributed by atoms with Crippen LogP contribution in [0.25, 0.3) is 0 Å². The summed E-state index contributed by atoms with van der Waals surface area (Å²) >= 11 is 0. The molecule has 0 bridgehead atoms. The average Bonchev–Trinajstić information content (AvgIpc) is 0. The normalized spacial score (nSPS) is 0. The Morgan fingerprint density at radius 2 is 0.667 bits per heavy atom. The zero-order chi connectivity index (χ0) is 0. The van der Waals surface area contributed by atoms with E-state index in [4.69, 9.17) is 0 Å². The molecular formula is H5HgI4K. The Balaban J connectivity index is 0. The first-order valence-corrected chi connectivity index (χ1v) is 0. The van der Waals surface area contributed by atoms with E-state index in [0.29, 0.717) is 0 Å². The minimum absolute atomic E-state index is 0. The molecule has 0 radical (unpaired) electrons. The van der Waals surface area contributed by atoms with Crippen molar-refractivity contribution in [3.63, 3.8) is 0 Å². The molecule has 0 spiro atoms. The van der Waals surface area contributed by atoms with Crippen LogP contribution in [0.15, 0.2) is 0 Å². The van der Waals surface area contributed by atoms with Gasteiger partial charge in [0.25, 0.3) is 0 Å². The first-order chi connectivity index (χ1) is 0. The zero-order valence-electron chi connectivity index (χ0n) is 4.34. The van der Waals surface area contributed by atoms with Gasteiger partial charge in [0, 0.05) is 27.7 Å². The molecule has 6 heteroatoms. The Morgan fingerprint density at radius 3 is 0.667 bits per heavy atom. The Morgan fingerprint density at radius 1 is 0.667 bits per heavy atom. The van der Waals surface area contributed by atoms with Crippen LogP contribution >= 0.6 is 95.9 Å². The predicted octanol–water partition coefficient (Wildman–Crippen LogP) is -0.414. The van der Waals surface area contributed by atoms with Gasteiger partial charge < -0.3 is 1.43 Å². The molecule has 0 atom stereocenters. The van der Waals surface area contributed by atoms with Gasteiger partial charge in [-0.1, -0.05) is 0 Å². The van der Waals surface area contributed by atoms with E-state index in [1.165, 1.54) is 0 Å². The number of hydrogen-bond donors (Lipinski definition) is 0. The van der Waals surface area contributed by atoms with Crippen molar-refractivity contribution in [1.82, 2.24) is 0 Å². The van der Waals surface area contributed by atoms with Crippen LogP contribution in [0.5, 0.6) is 0 Å². The van der Waals surface area contributed by atoms with Crippen LogP contribution in [-0.4, -0.2) is 0 Å². The summed E-state index contributed by atoms with van der Waals surface area (Å²) < 4.78 is 0. The first-order valence-electron chi connectivity index (χ1n) is 0. The summed E-state index contributed by atoms with van der Waals surface area (Å²) in [6, 6.07) is 0. The molecule has 0 fully saturated rings. The molecule has 36 valence electrons. The standard InChI is InChI=1S/Hg.4HI.K.H/h;4*1H;;/q;;;;;+1;-1. The van der Waals surface area contributed by atoms with E-state index in [1.54, 1.807) is 0 Å². The van der Waals surface area contributed by atoms with E-state index >= 15 is 0 Å². The monoisotopic (exact) mass is 754 g/mol. The van der Waals surface area contributed by atoms with Crippen LogP contribution in [-0.2, 0) is 27.7 Å². The molecule has 0 unspecified atom stereocenters. The number of halogens is 4. The minimum atomic E-state index is 0. The van der Waals surface area contributed by atoms with Crippen LogP contribution in [0, 0.1) is 0 Å². The number of hydrogen-bond acceptors (Lipinski definition) is 0. The molecule has 0 aliphatic heterocycles. The van der Waals surface area contributed by atoms with Crippen molar-refractivity contribution in [2.75, 3.05) is 0 Å². The van der Waals surface area contributed by atoms with Crippen molar-refractivity contribution < 1.29 is 80.5 Å². The third kappa shape index (κ3) is 22.7. The van der Waals surface area contributed by atoms with Gasteiger partial charge in [0.05, 0.1) is 0 Å². The molecule has 0 rings (SSSR count). The Kier molecular flexibility index (Phi) is 219. The smallest absolute Gasteiger partial charge is 1.00 e. The van der Waals surface area contributed by atoms with Crippen LogP contribution in [0.4, 0.5) is 0 Å². The van der Waals surface area contributed by atoms with Gasteiger partial charge in [-0.05, 0) is 0 Å². The van der Waals surface area contributed by atoms with Gasteiger partial charge in [-0.15, -0.1) is 95.9 Å². The molecule has 0 aromatic carbocycles. The van der Waals surface area contributed by atoms with Crippen molar-refractivity contribution in [2.24, 2.45) is 0 Å². The van der Waals surface area contributed by atoms with Crippen LogP contribution < -0.4 is 51.4 Å². The molecule has 0 aromatic rings. The van der Waals surface area contributed by atoms with E-state index in [1.807, 2.05) is 0 Å². The fraction of sp³-hybridized carbons (Fsp3) is 0. The molecule has 0 nitrogen and oxygen atoms in total. The van der Waals surface area contributed by atoms with E-state index in [0.717, 1.165) is 0 Å². The van der Waals surface area contributed by atoms with Crippen LogP contribution in [0.1, 0.15) is 1.43 Å². The maximum Gasteiger partial charge on any atom is 1.00 e. The molecule has 0 aromatic heterocycles. The summed E-state index contributed by atoms with van der Waals surface area (Å²) in [4.78, 5) is 0. The molecular weight excluding hydrogens is 747 g/mol. The van der Waals surface area contributed by atoms with Crippen LogP contribution in [0.2, 0.25) is 0 Å². The predicted molar refractivity (Wildman–Crippen MR) is 62.8 cm³/mol. The van der Waals surface area contributed by atoms with E-state index in [9.17, 15) is 0 Å². The second kappa shape index (κ2) is 31.3. The van der Waals surface area contributed by atoms with Gasteiger partial charge in [-0.2, -0.15) is 0 Å². The van der Waals surface area contributed by atoms with Crippen molar-refractivity contribution in [1.29, 1.82) is 0 Å². The summed E-state index contributed by atoms with van der Waals surface area (Å²) in [5.41, 5.74) is 0. The second-order valence-corrected chi connectivity index (χ2v) is 0. The maximum atomic E-state index is 0. The van der Waals surface area contributed by atoms with Crippen LogP contribution in [0.3, 0.4) is 0 Å². The summed E-state index contributed by atoms with van der Waals surface area (Å²) in [6.45, 7) is 0. The van der Waals surface area contributed by atoms with Crippen molar-refractivity contribution >= 4 is 95.9 Å². The summed E-state index contributed by atoms with van der Waals surface area (Å²) in [6.07, 6.45) is 0. The van der Waals surface area contributed by atoms with Gasteiger partial charge in [0.15, 0.2) is 0 Å². The van der Waals surface area contributed by atoms with Gasteiger partial charge >= 0.3 is 51.4 Å². The quantitative estimate of drug-likeness (QED) is 0.234. The third-order valence-corrected chi connectivity index (χ3v) is 0. The van der Waals surface area contributed by atoms with Crippen molar-refractivity contribution in [3.05, 3.63) is 0 Å². The minimum Gasteiger partial charge on any atom is -1.00 e. The van der Waals surface area contributed by atoms with Crippen molar-refractivity contribution in [2.45, 2.75) is 0 Å². The molecule has 0 N–H and O–H groups in total. The Hall–Kier alpha value is 5.49. The third-order valence-electron chi connectivity index (χ3n) is 0. The van der Waals surface area contributed by atoms with Gasteiger partial charge in [0.2, 0.25) is 0 Å². The van der Waals surface area contributed by atoms with E-state index in [-0.39, 0.29) is 176 Å². The second-order valence-electron chi connectivity index (χ2n) is 0. The zero-order valence-corrected chi connectivity index (χ0v) is 21.3. The first kappa shape index (κ1) is 41.9. The number of rotatable bonds is 0. The fourth-order valence-corrected chi connectivity index (χ4v) is 0. The molecule has 0 saturated heterocycles. The molecule has 0 aliphatic rings. The molecule has 0 aliphatic carbocycles.